The zero-order valence-corrected chi connectivity index (χ0v) is 23.4. The highest BCUT2D eigenvalue weighted by atomic mass is 35.5. The van der Waals surface area contributed by atoms with Crippen LogP contribution in [0.15, 0.2) is 91.0 Å². The van der Waals surface area contributed by atoms with E-state index < -0.39 is 30.3 Å². The quantitative estimate of drug-likeness (QED) is 0.219. The molecule has 0 spiro atoms. The van der Waals surface area contributed by atoms with Crippen LogP contribution in [0.3, 0.4) is 0 Å². The van der Waals surface area contributed by atoms with E-state index >= 15 is 0 Å². The van der Waals surface area contributed by atoms with Crippen molar-refractivity contribution in [2.24, 2.45) is 11.8 Å². The standard InChI is InChI=1S/C33H22Cl2N2O5/c34-24-14-11-18(15-25(24)35)36-26(38)16-42-33(41)17-9-12-19(13-10-17)37-31(39)29-27-20-5-1-2-6-21(20)28(30(29)32(37)40)23-8-4-3-7-22(23)27/h1-15,27-30H,16H2,(H,36,38)/t27?,28?,29-,30-/m0/s1. The summed E-state index contributed by atoms with van der Waals surface area (Å²) < 4.78 is 5.15. The van der Waals surface area contributed by atoms with E-state index in [2.05, 4.69) is 29.6 Å². The lowest BCUT2D eigenvalue weighted by molar-refractivity contribution is -0.122. The number of amides is 3. The number of nitrogens with one attached hydrogen (secondary N) is 1. The number of hydrogen-bond acceptors (Lipinski definition) is 5. The van der Waals surface area contributed by atoms with E-state index in [0.717, 1.165) is 22.3 Å². The first-order chi connectivity index (χ1) is 20.3. The largest absolute Gasteiger partial charge is 0.452 e. The van der Waals surface area contributed by atoms with Crippen molar-refractivity contribution in [3.63, 3.8) is 0 Å². The van der Waals surface area contributed by atoms with Gasteiger partial charge in [-0.1, -0.05) is 71.7 Å². The predicted octanol–water partition coefficient (Wildman–Crippen LogP) is 6.19. The summed E-state index contributed by atoms with van der Waals surface area (Å²) in [6, 6.07) is 26.8. The molecule has 0 radical (unpaired) electrons. The van der Waals surface area contributed by atoms with Crippen LogP contribution in [0.2, 0.25) is 10.0 Å². The number of carbonyl (C=O) groups excluding carboxylic acids is 4. The SMILES string of the molecule is O=C(COC(=O)c1ccc(N2C(=O)[C@H]3C4c5ccccc5C(c5ccccc54)[C@@H]3C2=O)cc1)Nc1ccc(Cl)c(Cl)c1. The molecule has 4 aliphatic rings. The molecule has 3 amide bonds. The Bertz CT molecular complexity index is 1690. The lowest BCUT2D eigenvalue weighted by Gasteiger charge is -2.45. The fourth-order valence-corrected chi connectivity index (χ4v) is 6.96. The van der Waals surface area contributed by atoms with Gasteiger partial charge in [0.25, 0.3) is 5.91 Å². The number of nitrogens with zero attached hydrogens (tertiary/aromatic N) is 1. The van der Waals surface area contributed by atoms with Crippen molar-refractivity contribution in [1.29, 1.82) is 0 Å². The topological polar surface area (TPSA) is 92.8 Å². The molecule has 2 bridgehead atoms. The second kappa shape index (κ2) is 10.1. The van der Waals surface area contributed by atoms with Gasteiger partial charge in [0.2, 0.25) is 11.8 Å². The second-order valence-electron chi connectivity index (χ2n) is 10.6. The van der Waals surface area contributed by atoms with Crippen LogP contribution in [-0.4, -0.2) is 30.3 Å². The normalized spacial score (nSPS) is 21.4. The van der Waals surface area contributed by atoms with Crippen molar-refractivity contribution in [3.8, 4) is 0 Å². The zero-order chi connectivity index (χ0) is 29.1. The second-order valence-corrected chi connectivity index (χ2v) is 11.4. The van der Waals surface area contributed by atoms with Crippen molar-refractivity contribution in [2.75, 3.05) is 16.8 Å². The summed E-state index contributed by atoms with van der Waals surface area (Å²) in [7, 11) is 0. The van der Waals surface area contributed by atoms with Crippen molar-refractivity contribution < 1.29 is 23.9 Å². The third-order valence-corrected chi connectivity index (χ3v) is 9.09. The molecule has 4 aromatic rings. The molecule has 4 aromatic carbocycles. The summed E-state index contributed by atoms with van der Waals surface area (Å²) in [6.07, 6.45) is 0. The fraction of sp³-hybridized carbons (Fsp3) is 0.152. The van der Waals surface area contributed by atoms with Gasteiger partial charge in [-0.3, -0.25) is 14.4 Å². The van der Waals surface area contributed by atoms with Gasteiger partial charge in [-0.15, -0.1) is 0 Å². The number of carbonyl (C=O) groups is 4. The van der Waals surface area contributed by atoms with Crippen LogP contribution in [0, 0.1) is 11.8 Å². The van der Waals surface area contributed by atoms with Crippen LogP contribution in [0.4, 0.5) is 11.4 Å². The van der Waals surface area contributed by atoms with E-state index in [-0.39, 0.29) is 34.2 Å². The van der Waals surface area contributed by atoms with Gasteiger partial charge in [-0.05, 0) is 64.7 Å². The lowest BCUT2D eigenvalue weighted by atomic mass is 9.55. The van der Waals surface area contributed by atoms with Gasteiger partial charge in [0.15, 0.2) is 6.61 Å². The zero-order valence-electron chi connectivity index (χ0n) is 21.9. The molecule has 0 saturated carbocycles. The number of halogens is 2. The molecule has 8 rings (SSSR count). The molecule has 1 fully saturated rings. The first-order valence-electron chi connectivity index (χ1n) is 13.4. The third kappa shape index (κ3) is 4.11. The minimum atomic E-state index is -0.720. The Morgan fingerprint density at radius 2 is 1.24 bits per heavy atom. The minimum absolute atomic E-state index is 0.178. The molecule has 0 aromatic heterocycles. The van der Waals surface area contributed by atoms with E-state index in [0.29, 0.717) is 16.4 Å². The van der Waals surface area contributed by atoms with Gasteiger partial charge >= 0.3 is 5.97 Å². The van der Waals surface area contributed by atoms with E-state index in [1.54, 1.807) is 24.3 Å². The Morgan fingerprint density at radius 3 is 1.74 bits per heavy atom. The minimum Gasteiger partial charge on any atom is -0.452 e. The van der Waals surface area contributed by atoms with Crippen LogP contribution in [0.25, 0.3) is 0 Å². The van der Waals surface area contributed by atoms with Gasteiger partial charge in [-0.25, -0.2) is 9.69 Å². The van der Waals surface area contributed by atoms with Gasteiger partial charge in [0.05, 0.1) is 33.1 Å². The molecule has 1 aliphatic heterocycles. The first kappa shape index (κ1) is 26.4. The number of ether oxygens (including phenoxy) is 1. The molecule has 1 heterocycles. The average molecular weight is 597 g/mol. The molecule has 1 saturated heterocycles. The van der Waals surface area contributed by atoms with E-state index in [4.69, 9.17) is 27.9 Å². The molecular formula is C33H22Cl2N2O5. The van der Waals surface area contributed by atoms with Gasteiger partial charge < -0.3 is 10.1 Å². The van der Waals surface area contributed by atoms with Crippen LogP contribution >= 0.6 is 23.2 Å². The molecule has 2 atom stereocenters. The molecule has 0 unspecified atom stereocenters. The molecule has 208 valence electrons. The van der Waals surface area contributed by atoms with Gasteiger partial charge in [0, 0.05) is 17.5 Å². The Hall–Kier alpha value is -4.46. The predicted molar refractivity (Wildman–Crippen MR) is 158 cm³/mol. The number of imide groups is 1. The average Bonchev–Trinajstić information content (AvgIpc) is 3.28. The summed E-state index contributed by atoms with van der Waals surface area (Å²) in [6.45, 7) is -0.517. The number of rotatable bonds is 5. The number of anilines is 2. The summed E-state index contributed by atoms with van der Waals surface area (Å²) in [5.74, 6) is -3.13. The van der Waals surface area contributed by atoms with Crippen molar-refractivity contribution in [2.45, 2.75) is 11.8 Å². The summed E-state index contributed by atoms with van der Waals surface area (Å²) in [5.41, 5.74) is 5.39. The first-order valence-corrected chi connectivity index (χ1v) is 14.2. The Morgan fingerprint density at radius 1 is 0.714 bits per heavy atom. The number of hydrogen-bond donors (Lipinski definition) is 1. The Kier molecular flexibility index (Phi) is 6.37. The molecule has 7 nitrogen and oxygen atoms in total. The highest BCUT2D eigenvalue weighted by molar-refractivity contribution is 6.42. The van der Waals surface area contributed by atoms with Gasteiger partial charge in [-0.2, -0.15) is 0 Å². The van der Waals surface area contributed by atoms with Crippen molar-refractivity contribution in [1.82, 2.24) is 0 Å². The molecule has 3 aliphatic carbocycles. The van der Waals surface area contributed by atoms with Crippen molar-refractivity contribution >= 4 is 58.3 Å². The highest BCUT2D eigenvalue weighted by Crippen LogP contribution is 2.61. The van der Waals surface area contributed by atoms with Gasteiger partial charge in [0.1, 0.15) is 0 Å². The summed E-state index contributed by atoms with van der Waals surface area (Å²) in [4.78, 5) is 53.9. The van der Waals surface area contributed by atoms with Crippen LogP contribution in [0.1, 0.15) is 44.4 Å². The summed E-state index contributed by atoms with van der Waals surface area (Å²) in [5, 5.41) is 3.21. The molecule has 9 heteroatoms. The van der Waals surface area contributed by atoms with Crippen molar-refractivity contribution in [3.05, 3.63) is 129 Å². The fourth-order valence-electron chi connectivity index (χ4n) is 6.66. The molecular weight excluding hydrogens is 575 g/mol. The molecule has 1 N–H and O–H groups in total. The maximum Gasteiger partial charge on any atom is 0.338 e. The Labute approximate surface area is 251 Å². The number of benzene rings is 4. The lowest BCUT2D eigenvalue weighted by Crippen LogP contribution is -2.41. The van der Waals surface area contributed by atoms with E-state index in [1.165, 1.54) is 23.1 Å². The maximum atomic E-state index is 13.9. The number of esters is 1. The monoisotopic (exact) mass is 596 g/mol. The molecule has 42 heavy (non-hydrogen) atoms. The van der Waals surface area contributed by atoms with Crippen LogP contribution in [-0.2, 0) is 19.1 Å². The maximum absolute atomic E-state index is 13.9. The Balaban J connectivity index is 1.08. The van der Waals surface area contributed by atoms with Crippen LogP contribution in [0.5, 0.6) is 0 Å². The third-order valence-electron chi connectivity index (χ3n) is 8.35. The van der Waals surface area contributed by atoms with E-state index in [1.807, 2.05) is 24.3 Å². The smallest absolute Gasteiger partial charge is 0.338 e. The van der Waals surface area contributed by atoms with Crippen LogP contribution < -0.4 is 10.2 Å². The highest BCUT2D eigenvalue weighted by Gasteiger charge is 2.61. The summed E-state index contributed by atoms with van der Waals surface area (Å²) >= 11 is 11.9. The van der Waals surface area contributed by atoms with E-state index in [9.17, 15) is 19.2 Å².